The van der Waals surface area contributed by atoms with E-state index < -0.39 is 6.30 Å². The lowest BCUT2D eigenvalue weighted by Crippen LogP contribution is -2.20. The third-order valence-electron chi connectivity index (χ3n) is 4.44. The van der Waals surface area contributed by atoms with Crippen molar-refractivity contribution in [2.24, 2.45) is 4.99 Å². The van der Waals surface area contributed by atoms with Crippen molar-refractivity contribution in [1.29, 1.82) is 0 Å². The summed E-state index contributed by atoms with van der Waals surface area (Å²) in [6, 6.07) is 0. The zero-order valence-corrected chi connectivity index (χ0v) is 14.3. The minimum atomic E-state index is -1.18. The fourth-order valence-electron chi connectivity index (χ4n) is 3.18. The fraction of sp³-hybridized carbons (Fsp3) is 0.421. The molecule has 1 aliphatic heterocycles. The first-order valence-corrected chi connectivity index (χ1v) is 8.51. The third kappa shape index (κ3) is 3.76. The number of halogens is 3. The number of ether oxygens (including phenoxy) is 1. The molecule has 2 aliphatic carbocycles. The van der Waals surface area contributed by atoms with Crippen LogP contribution in [-0.4, -0.2) is 25.7 Å². The summed E-state index contributed by atoms with van der Waals surface area (Å²) in [5.41, 5.74) is 2.80. The van der Waals surface area contributed by atoms with E-state index in [4.69, 9.17) is 16.3 Å². The fourth-order valence-corrected chi connectivity index (χ4v) is 3.40. The molecule has 5 heteroatoms. The molecule has 0 aromatic rings. The van der Waals surface area contributed by atoms with Crippen molar-refractivity contribution < 1.29 is 13.5 Å². The lowest BCUT2D eigenvalue weighted by molar-refractivity contribution is 0.132. The van der Waals surface area contributed by atoms with Crippen LogP contribution in [0.1, 0.15) is 32.1 Å². The Balaban J connectivity index is 1.88. The summed E-state index contributed by atoms with van der Waals surface area (Å²) in [7, 11) is 1.59. The van der Waals surface area contributed by atoms with E-state index in [1.165, 1.54) is 6.21 Å². The van der Waals surface area contributed by atoms with Gasteiger partial charge in [-0.3, -0.25) is 4.99 Å². The minimum Gasteiger partial charge on any atom is -0.376 e. The summed E-state index contributed by atoms with van der Waals surface area (Å²) in [5, 5.41) is 0.731. The second-order valence-electron chi connectivity index (χ2n) is 6.11. The summed E-state index contributed by atoms with van der Waals surface area (Å²) >= 11 is 6.13. The van der Waals surface area contributed by atoms with Gasteiger partial charge in [0.05, 0.1) is 6.10 Å². The average molecular weight is 352 g/mol. The SMILES string of the molecule is COC1CC=C(CC2=CCC(F)N=C2)C(F)=C1C1=CCCC(Cl)=C1. The van der Waals surface area contributed by atoms with Gasteiger partial charge in [-0.05, 0) is 42.1 Å². The molecule has 0 N–H and O–H groups in total. The number of hydrogen-bond acceptors (Lipinski definition) is 2. The number of allylic oxidation sites excluding steroid dienone is 6. The predicted octanol–water partition coefficient (Wildman–Crippen LogP) is 5.48. The molecule has 1 heterocycles. The molecule has 0 saturated carbocycles. The molecule has 3 rings (SSSR count). The summed E-state index contributed by atoms with van der Waals surface area (Å²) in [6.07, 6.45) is 10.3. The smallest absolute Gasteiger partial charge is 0.193 e. The van der Waals surface area contributed by atoms with Gasteiger partial charge in [-0.2, -0.15) is 0 Å². The van der Waals surface area contributed by atoms with E-state index in [9.17, 15) is 4.39 Å². The van der Waals surface area contributed by atoms with Crippen molar-refractivity contribution in [2.75, 3.05) is 7.11 Å². The molecule has 0 bridgehead atoms. The first kappa shape index (κ1) is 17.3. The summed E-state index contributed by atoms with van der Waals surface area (Å²) in [6.45, 7) is 0. The molecule has 0 radical (unpaired) electrons. The van der Waals surface area contributed by atoms with Gasteiger partial charge < -0.3 is 4.74 Å². The van der Waals surface area contributed by atoms with Crippen LogP contribution in [0.3, 0.4) is 0 Å². The highest BCUT2D eigenvalue weighted by Gasteiger charge is 2.28. The molecule has 3 aliphatic rings. The van der Waals surface area contributed by atoms with Crippen LogP contribution in [0, 0.1) is 0 Å². The Morgan fingerprint density at radius 1 is 1.29 bits per heavy atom. The first-order chi connectivity index (χ1) is 11.6. The molecule has 2 atom stereocenters. The van der Waals surface area contributed by atoms with Gasteiger partial charge >= 0.3 is 0 Å². The molecule has 0 saturated heterocycles. The van der Waals surface area contributed by atoms with Crippen molar-refractivity contribution in [1.82, 2.24) is 0 Å². The maximum atomic E-state index is 15.2. The topological polar surface area (TPSA) is 21.6 Å². The molecular weight excluding hydrogens is 332 g/mol. The summed E-state index contributed by atoms with van der Waals surface area (Å²) in [5.74, 6) is -0.265. The zero-order chi connectivity index (χ0) is 17.1. The Morgan fingerprint density at radius 3 is 2.79 bits per heavy atom. The molecule has 24 heavy (non-hydrogen) atoms. The van der Waals surface area contributed by atoms with E-state index in [1.807, 2.05) is 18.2 Å². The Hall–Kier alpha value is -1.52. The van der Waals surface area contributed by atoms with Crippen LogP contribution in [0.5, 0.6) is 0 Å². The Bertz CT molecular complexity index is 700. The molecule has 128 valence electrons. The van der Waals surface area contributed by atoms with Gasteiger partial charge in [0.15, 0.2) is 6.30 Å². The number of nitrogens with zero attached hydrogens (tertiary/aromatic N) is 1. The molecule has 0 fully saturated rings. The molecule has 0 spiro atoms. The van der Waals surface area contributed by atoms with Crippen LogP contribution in [0.4, 0.5) is 8.78 Å². The van der Waals surface area contributed by atoms with Gasteiger partial charge in [-0.25, -0.2) is 8.78 Å². The zero-order valence-electron chi connectivity index (χ0n) is 13.6. The monoisotopic (exact) mass is 351 g/mol. The number of aliphatic imine (C=N–C) groups is 1. The highest BCUT2D eigenvalue weighted by Crippen LogP contribution is 2.38. The van der Waals surface area contributed by atoms with Crippen LogP contribution >= 0.6 is 11.6 Å². The van der Waals surface area contributed by atoms with Crippen LogP contribution in [-0.2, 0) is 4.74 Å². The van der Waals surface area contributed by atoms with Crippen molar-refractivity contribution in [3.63, 3.8) is 0 Å². The van der Waals surface area contributed by atoms with Gasteiger partial charge in [0.25, 0.3) is 0 Å². The predicted molar refractivity (Wildman–Crippen MR) is 93.6 cm³/mol. The lowest BCUT2D eigenvalue weighted by atomic mass is 9.85. The molecule has 0 aromatic heterocycles. The number of methoxy groups -OCH3 is 1. The van der Waals surface area contributed by atoms with Gasteiger partial charge in [-0.1, -0.05) is 29.8 Å². The Morgan fingerprint density at radius 2 is 2.12 bits per heavy atom. The molecule has 2 unspecified atom stereocenters. The minimum absolute atomic E-state index is 0.251. The van der Waals surface area contributed by atoms with E-state index in [1.54, 1.807) is 13.2 Å². The number of rotatable bonds is 4. The van der Waals surface area contributed by atoms with E-state index in [-0.39, 0.29) is 18.4 Å². The Kier molecular flexibility index (Phi) is 5.47. The van der Waals surface area contributed by atoms with Crippen LogP contribution in [0.2, 0.25) is 0 Å². The quantitative estimate of drug-likeness (QED) is 0.614. The maximum absolute atomic E-state index is 15.2. The van der Waals surface area contributed by atoms with Gasteiger partial charge in [0.2, 0.25) is 0 Å². The maximum Gasteiger partial charge on any atom is 0.193 e. The van der Waals surface area contributed by atoms with Crippen LogP contribution < -0.4 is 0 Å². The van der Waals surface area contributed by atoms with Gasteiger partial charge in [-0.15, -0.1) is 0 Å². The highest BCUT2D eigenvalue weighted by atomic mass is 35.5. The Labute approximate surface area is 145 Å². The third-order valence-corrected chi connectivity index (χ3v) is 4.74. The second kappa shape index (κ2) is 7.58. The van der Waals surface area contributed by atoms with Crippen molar-refractivity contribution in [3.8, 4) is 0 Å². The standard InChI is InChI=1S/C19H20ClF2NO/c1-24-16-7-6-14(9-12-5-8-17(21)23-11-12)19(22)18(16)13-3-2-4-15(20)10-13/h3,5-6,10-11,16-17H,2,4,7-9H2,1H3. The van der Waals surface area contributed by atoms with Crippen molar-refractivity contribution in [2.45, 2.75) is 44.5 Å². The lowest BCUT2D eigenvalue weighted by Gasteiger charge is -2.27. The number of alkyl halides is 1. The van der Waals surface area contributed by atoms with E-state index in [2.05, 4.69) is 4.99 Å². The normalized spacial score (nSPS) is 27.5. The summed E-state index contributed by atoms with van der Waals surface area (Å²) < 4.78 is 33.7. The van der Waals surface area contributed by atoms with Crippen LogP contribution in [0.15, 0.2) is 62.4 Å². The van der Waals surface area contributed by atoms with E-state index in [0.717, 1.165) is 29.0 Å². The van der Waals surface area contributed by atoms with E-state index >= 15 is 4.39 Å². The van der Waals surface area contributed by atoms with Gasteiger partial charge in [0, 0.05) is 36.8 Å². The second-order valence-corrected chi connectivity index (χ2v) is 6.60. The highest BCUT2D eigenvalue weighted by molar-refractivity contribution is 6.29. The van der Waals surface area contributed by atoms with Crippen molar-refractivity contribution >= 4 is 17.8 Å². The molecular formula is C19H20ClF2NO. The average Bonchev–Trinajstić information content (AvgIpc) is 2.58. The van der Waals surface area contributed by atoms with Gasteiger partial charge in [0.1, 0.15) is 5.83 Å². The van der Waals surface area contributed by atoms with E-state index in [0.29, 0.717) is 24.0 Å². The summed E-state index contributed by atoms with van der Waals surface area (Å²) in [4.78, 5) is 3.76. The number of dihydropyridines is 1. The molecule has 0 amide bonds. The largest absolute Gasteiger partial charge is 0.376 e. The van der Waals surface area contributed by atoms with Crippen LogP contribution in [0.25, 0.3) is 0 Å². The first-order valence-electron chi connectivity index (χ1n) is 8.13. The number of hydrogen-bond donors (Lipinski definition) is 0. The molecule has 0 aromatic carbocycles. The van der Waals surface area contributed by atoms with Crippen molar-refractivity contribution in [3.05, 3.63) is 57.5 Å². The molecule has 2 nitrogen and oxygen atoms in total.